The number of hydrogen-bond donors (Lipinski definition) is 2. The minimum Gasteiger partial charge on any atom is -0.368 e. The molecule has 0 unspecified atom stereocenters. The monoisotopic (exact) mass is 356 g/mol. The van der Waals surface area contributed by atoms with E-state index in [0.29, 0.717) is 16.5 Å². The number of carbonyl (C=O) groups is 1. The molecular weight excluding hydrogens is 336 g/mol. The Morgan fingerprint density at radius 3 is 2.76 bits per heavy atom. The molecule has 0 saturated carbocycles. The van der Waals surface area contributed by atoms with Gasteiger partial charge in [0.05, 0.1) is 23.1 Å². The Kier molecular flexibility index (Phi) is 6.01. The molecule has 2 aromatic rings. The third-order valence-corrected chi connectivity index (χ3v) is 4.47. The van der Waals surface area contributed by atoms with Crippen LogP contribution in [-0.2, 0) is 0 Å². The smallest absolute Gasteiger partial charge is 0.275 e. The molecule has 0 bridgehead atoms. The van der Waals surface area contributed by atoms with Gasteiger partial charge in [0.2, 0.25) is 0 Å². The number of allylic oxidation sites excluding steroid dienone is 1. The first kappa shape index (κ1) is 17.4. The van der Waals surface area contributed by atoms with Gasteiger partial charge in [0.1, 0.15) is 11.5 Å². The maximum absolute atomic E-state index is 12.2. The zero-order valence-corrected chi connectivity index (χ0v) is 14.7. The van der Waals surface area contributed by atoms with Crippen molar-refractivity contribution in [2.45, 2.75) is 32.1 Å². The van der Waals surface area contributed by atoms with E-state index < -0.39 is 0 Å². The lowest BCUT2D eigenvalue weighted by atomic mass is 9.97. The van der Waals surface area contributed by atoms with Gasteiger partial charge in [-0.25, -0.2) is 9.97 Å². The summed E-state index contributed by atoms with van der Waals surface area (Å²) in [5.74, 6) is 0.338. The minimum atomic E-state index is -0.334. The van der Waals surface area contributed by atoms with E-state index >= 15 is 0 Å². The maximum Gasteiger partial charge on any atom is 0.275 e. The van der Waals surface area contributed by atoms with Crippen molar-refractivity contribution in [3.8, 4) is 0 Å². The summed E-state index contributed by atoms with van der Waals surface area (Å²) in [6.45, 7) is 0.825. The molecule has 0 fully saturated rings. The second kappa shape index (κ2) is 8.62. The quantitative estimate of drug-likeness (QED) is 0.737. The summed E-state index contributed by atoms with van der Waals surface area (Å²) in [5, 5.41) is 6.47. The van der Waals surface area contributed by atoms with Crippen LogP contribution in [0.3, 0.4) is 0 Å². The molecule has 6 heteroatoms. The predicted molar refractivity (Wildman–Crippen MR) is 101 cm³/mol. The predicted octanol–water partition coefficient (Wildman–Crippen LogP) is 4.68. The summed E-state index contributed by atoms with van der Waals surface area (Å²) < 4.78 is 0. The first-order valence-electron chi connectivity index (χ1n) is 8.52. The van der Waals surface area contributed by atoms with Crippen molar-refractivity contribution in [1.29, 1.82) is 0 Å². The van der Waals surface area contributed by atoms with Gasteiger partial charge in [0.15, 0.2) is 0 Å². The highest BCUT2D eigenvalue weighted by atomic mass is 35.5. The average Bonchev–Trinajstić information content (AvgIpc) is 2.65. The highest BCUT2D eigenvalue weighted by molar-refractivity contribution is 6.33. The van der Waals surface area contributed by atoms with E-state index in [1.54, 1.807) is 18.3 Å². The van der Waals surface area contributed by atoms with E-state index in [1.165, 1.54) is 37.5 Å². The number of amides is 1. The molecule has 5 nitrogen and oxygen atoms in total. The van der Waals surface area contributed by atoms with Crippen LogP contribution < -0.4 is 10.6 Å². The zero-order valence-electron chi connectivity index (χ0n) is 14.0. The molecule has 25 heavy (non-hydrogen) atoms. The average molecular weight is 357 g/mol. The number of benzene rings is 1. The molecule has 0 aliphatic heterocycles. The number of rotatable bonds is 6. The molecule has 1 heterocycles. The summed E-state index contributed by atoms with van der Waals surface area (Å²) in [4.78, 5) is 20.6. The first-order chi connectivity index (χ1) is 12.2. The van der Waals surface area contributed by atoms with Crippen LogP contribution in [-0.4, -0.2) is 22.4 Å². The summed E-state index contributed by atoms with van der Waals surface area (Å²) >= 11 is 6.04. The number of anilines is 2. The summed E-state index contributed by atoms with van der Waals surface area (Å²) in [7, 11) is 0. The maximum atomic E-state index is 12.2. The molecule has 1 aromatic heterocycles. The number of nitrogens with one attached hydrogen (secondary N) is 2. The first-order valence-corrected chi connectivity index (χ1v) is 8.90. The summed E-state index contributed by atoms with van der Waals surface area (Å²) in [5.41, 5.74) is 2.32. The normalized spacial score (nSPS) is 13.9. The van der Waals surface area contributed by atoms with Gasteiger partial charge in [-0.2, -0.15) is 0 Å². The van der Waals surface area contributed by atoms with Crippen molar-refractivity contribution in [3.05, 3.63) is 59.0 Å². The van der Waals surface area contributed by atoms with Crippen LogP contribution in [0.2, 0.25) is 5.02 Å². The lowest BCUT2D eigenvalue weighted by Gasteiger charge is -2.13. The molecule has 0 saturated heterocycles. The SMILES string of the molecule is O=C(Nc1ccccc1Cl)c1cnc(NCCC2=CCCCC2)cn1. The van der Waals surface area contributed by atoms with Crippen LogP contribution in [0.25, 0.3) is 0 Å². The molecule has 0 atom stereocenters. The molecule has 1 aromatic carbocycles. The largest absolute Gasteiger partial charge is 0.368 e. The highest BCUT2D eigenvalue weighted by Crippen LogP contribution is 2.21. The summed E-state index contributed by atoms with van der Waals surface area (Å²) in [6.07, 6.45) is 11.4. The van der Waals surface area contributed by atoms with Crippen molar-refractivity contribution in [2.75, 3.05) is 17.2 Å². The summed E-state index contributed by atoms with van der Waals surface area (Å²) in [6, 6.07) is 7.07. The van der Waals surface area contributed by atoms with Crippen LogP contribution >= 0.6 is 11.6 Å². The van der Waals surface area contributed by atoms with Gasteiger partial charge in [-0.1, -0.05) is 35.4 Å². The fourth-order valence-electron chi connectivity index (χ4n) is 2.77. The number of halogens is 1. The van der Waals surface area contributed by atoms with Crippen molar-refractivity contribution >= 4 is 29.0 Å². The van der Waals surface area contributed by atoms with E-state index in [2.05, 4.69) is 26.7 Å². The Hall–Kier alpha value is -2.40. The van der Waals surface area contributed by atoms with E-state index in [-0.39, 0.29) is 11.6 Å². The Balaban J connectivity index is 1.52. The van der Waals surface area contributed by atoms with Crippen LogP contribution in [0.4, 0.5) is 11.5 Å². The van der Waals surface area contributed by atoms with Crippen molar-refractivity contribution in [1.82, 2.24) is 9.97 Å². The second-order valence-electron chi connectivity index (χ2n) is 6.01. The molecule has 1 amide bonds. The number of nitrogens with zero attached hydrogens (tertiary/aromatic N) is 2. The van der Waals surface area contributed by atoms with Crippen molar-refractivity contribution < 1.29 is 4.79 Å². The van der Waals surface area contributed by atoms with Gasteiger partial charge < -0.3 is 10.6 Å². The third kappa shape index (κ3) is 5.03. The fourth-order valence-corrected chi connectivity index (χ4v) is 2.95. The Labute approximate surface area is 152 Å². The molecule has 2 N–H and O–H groups in total. The van der Waals surface area contributed by atoms with E-state index in [1.807, 2.05) is 12.1 Å². The third-order valence-electron chi connectivity index (χ3n) is 4.14. The highest BCUT2D eigenvalue weighted by Gasteiger charge is 2.10. The second-order valence-corrected chi connectivity index (χ2v) is 6.41. The van der Waals surface area contributed by atoms with Crippen LogP contribution in [0.1, 0.15) is 42.6 Å². The number of para-hydroxylation sites is 1. The Morgan fingerprint density at radius 2 is 2.04 bits per heavy atom. The van der Waals surface area contributed by atoms with Crippen molar-refractivity contribution in [2.24, 2.45) is 0 Å². The topological polar surface area (TPSA) is 66.9 Å². The minimum absolute atomic E-state index is 0.250. The van der Waals surface area contributed by atoms with Gasteiger partial charge in [-0.3, -0.25) is 4.79 Å². The van der Waals surface area contributed by atoms with Gasteiger partial charge in [0.25, 0.3) is 5.91 Å². The van der Waals surface area contributed by atoms with Crippen LogP contribution in [0, 0.1) is 0 Å². The van der Waals surface area contributed by atoms with E-state index in [9.17, 15) is 4.79 Å². The molecular formula is C19H21ClN4O. The van der Waals surface area contributed by atoms with Gasteiger partial charge in [-0.15, -0.1) is 0 Å². The molecule has 0 spiro atoms. The Morgan fingerprint density at radius 1 is 1.16 bits per heavy atom. The molecule has 0 radical (unpaired) electrons. The van der Waals surface area contributed by atoms with E-state index in [4.69, 9.17) is 11.6 Å². The van der Waals surface area contributed by atoms with Gasteiger partial charge in [0, 0.05) is 6.54 Å². The number of aromatic nitrogens is 2. The lowest BCUT2D eigenvalue weighted by molar-refractivity contribution is 0.102. The number of carbonyl (C=O) groups excluding carboxylic acids is 1. The standard InChI is InChI=1S/C19H21ClN4O/c20-15-8-4-5-9-16(15)24-19(25)17-12-23-18(13-22-17)21-11-10-14-6-2-1-3-7-14/h4-6,8-9,12-13H,1-3,7,10-11H2,(H,21,23)(H,24,25). The van der Waals surface area contributed by atoms with E-state index in [0.717, 1.165) is 13.0 Å². The fraction of sp³-hybridized carbons (Fsp3) is 0.316. The van der Waals surface area contributed by atoms with Crippen molar-refractivity contribution in [3.63, 3.8) is 0 Å². The Bertz CT molecular complexity index is 758. The van der Waals surface area contributed by atoms with Crippen LogP contribution in [0.5, 0.6) is 0 Å². The lowest BCUT2D eigenvalue weighted by Crippen LogP contribution is -2.15. The zero-order chi connectivity index (χ0) is 17.5. The molecule has 130 valence electrons. The van der Waals surface area contributed by atoms with Gasteiger partial charge in [-0.05, 0) is 44.2 Å². The number of hydrogen-bond acceptors (Lipinski definition) is 4. The van der Waals surface area contributed by atoms with Gasteiger partial charge >= 0.3 is 0 Å². The molecule has 3 rings (SSSR count). The molecule has 1 aliphatic rings. The molecule has 1 aliphatic carbocycles. The van der Waals surface area contributed by atoms with Crippen LogP contribution in [0.15, 0.2) is 48.3 Å².